The maximum Gasteiger partial charge on any atom is 0.416 e. The third-order valence-corrected chi connectivity index (χ3v) is 8.26. The van der Waals surface area contributed by atoms with E-state index in [1.54, 1.807) is 29.3 Å². The number of benzene rings is 2. The number of anilines is 1. The maximum absolute atomic E-state index is 14.0. The van der Waals surface area contributed by atoms with E-state index in [1.807, 2.05) is 32.6 Å². The molecule has 2 aliphatic heterocycles. The molecule has 0 radical (unpaired) electrons. The maximum atomic E-state index is 14.0. The Labute approximate surface area is 249 Å². The van der Waals surface area contributed by atoms with E-state index in [0.717, 1.165) is 6.07 Å². The Morgan fingerprint density at radius 1 is 1.17 bits per heavy atom. The smallest absolute Gasteiger partial charge is 0.416 e. The Morgan fingerprint density at radius 2 is 1.93 bits per heavy atom. The highest BCUT2D eigenvalue weighted by atomic mass is 35.5. The largest absolute Gasteiger partial charge is 0.492 e. The zero-order valence-electron chi connectivity index (χ0n) is 23.4. The molecule has 3 aromatic rings. The van der Waals surface area contributed by atoms with E-state index in [4.69, 9.17) is 16.3 Å². The van der Waals surface area contributed by atoms with E-state index >= 15 is 0 Å². The van der Waals surface area contributed by atoms with Crippen LogP contribution in [0.5, 0.6) is 5.88 Å². The van der Waals surface area contributed by atoms with Crippen molar-refractivity contribution in [2.45, 2.75) is 51.9 Å². The number of fused-ring (bicyclic) bond motifs is 1. The summed E-state index contributed by atoms with van der Waals surface area (Å²) in [4.78, 5) is 21.0. The van der Waals surface area contributed by atoms with Crippen molar-refractivity contribution in [3.05, 3.63) is 73.6 Å². The lowest BCUT2D eigenvalue weighted by Crippen LogP contribution is -2.54. The van der Waals surface area contributed by atoms with E-state index in [2.05, 4.69) is 15.2 Å². The molecule has 2 aromatic carbocycles. The van der Waals surface area contributed by atoms with Gasteiger partial charge in [0.15, 0.2) is 5.13 Å². The first-order chi connectivity index (χ1) is 19.7. The highest BCUT2D eigenvalue weighted by Gasteiger charge is 2.35. The van der Waals surface area contributed by atoms with E-state index in [-0.39, 0.29) is 28.9 Å². The summed E-state index contributed by atoms with van der Waals surface area (Å²) in [6, 6.07) is 8.80. The Morgan fingerprint density at radius 3 is 2.62 bits per heavy atom. The second-order valence-electron chi connectivity index (χ2n) is 11.2. The number of piperazine rings is 1. The van der Waals surface area contributed by atoms with Crippen LogP contribution < -0.4 is 15.5 Å². The molecule has 42 heavy (non-hydrogen) atoms. The molecular weight excluding hydrogens is 591 g/mol. The number of hydrogen-bond donors (Lipinski definition) is 1. The molecule has 1 saturated heterocycles. The van der Waals surface area contributed by atoms with Gasteiger partial charge in [-0.25, -0.2) is 4.79 Å². The molecule has 222 valence electrons. The zero-order chi connectivity index (χ0) is 30.4. The lowest BCUT2D eigenvalue weighted by Gasteiger charge is -2.40. The fraction of sp³-hybridized carbons (Fsp3) is 0.379. The number of alkyl halides is 3. The van der Waals surface area contributed by atoms with E-state index in [1.165, 1.54) is 23.5 Å². The van der Waals surface area contributed by atoms with Crippen molar-refractivity contribution in [3.8, 4) is 5.88 Å². The Balaban J connectivity index is 1.53. The van der Waals surface area contributed by atoms with Crippen molar-refractivity contribution < 1.29 is 27.8 Å². The van der Waals surface area contributed by atoms with Crippen LogP contribution >= 0.6 is 22.9 Å². The van der Waals surface area contributed by atoms with Crippen LogP contribution in [0.15, 0.2) is 46.6 Å². The summed E-state index contributed by atoms with van der Waals surface area (Å²) in [5.74, 6) is -0.284. The number of ether oxygens (including phenoxy) is 1. The number of rotatable bonds is 4. The van der Waals surface area contributed by atoms with Gasteiger partial charge < -0.3 is 19.6 Å². The second-order valence-corrected chi connectivity index (χ2v) is 12.6. The van der Waals surface area contributed by atoms with Gasteiger partial charge >= 0.3 is 12.3 Å². The molecule has 1 aromatic heterocycles. The minimum atomic E-state index is -4.63. The summed E-state index contributed by atoms with van der Waals surface area (Å²) in [6.45, 7) is 8.57. The van der Waals surface area contributed by atoms with Gasteiger partial charge in [-0.3, -0.25) is 0 Å². The predicted octanol–water partition coefficient (Wildman–Crippen LogP) is 5.38. The third kappa shape index (κ3) is 6.39. The number of amides is 1. The Kier molecular flexibility index (Phi) is 7.97. The Bertz CT molecular complexity index is 1680. The van der Waals surface area contributed by atoms with E-state index in [9.17, 15) is 23.1 Å². The van der Waals surface area contributed by atoms with Gasteiger partial charge in [0, 0.05) is 42.7 Å². The first-order valence-corrected chi connectivity index (χ1v) is 14.4. The predicted molar refractivity (Wildman–Crippen MR) is 156 cm³/mol. The molecule has 0 bridgehead atoms. The molecule has 1 atom stereocenters. The van der Waals surface area contributed by atoms with Gasteiger partial charge in [-0.15, -0.1) is 0 Å². The lowest BCUT2D eigenvalue weighted by molar-refractivity contribution is -0.138. The van der Waals surface area contributed by atoms with E-state index < -0.39 is 23.4 Å². The molecule has 2 aliphatic rings. The fourth-order valence-electron chi connectivity index (χ4n) is 4.92. The number of halogens is 4. The van der Waals surface area contributed by atoms with Crippen molar-refractivity contribution in [1.82, 2.24) is 9.88 Å². The molecule has 8 nitrogen and oxygen atoms in total. The van der Waals surface area contributed by atoms with Crippen LogP contribution in [0.4, 0.5) is 23.1 Å². The summed E-state index contributed by atoms with van der Waals surface area (Å²) < 4.78 is 47.5. The molecule has 1 fully saturated rings. The zero-order valence-corrected chi connectivity index (χ0v) is 24.9. The van der Waals surface area contributed by atoms with Crippen LogP contribution in [-0.4, -0.2) is 58.6 Å². The van der Waals surface area contributed by atoms with Crippen LogP contribution in [0.3, 0.4) is 0 Å². The van der Waals surface area contributed by atoms with Crippen molar-refractivity contribution >= 4 is 46.0 Å². The van der Waals surface area contributed by atoms with Crippen LogP contribution in [0.25, 0.3) is 5.57 Å². The minimum Gasteiger partial charge on any atom is -0.492 e. The molecule has 0 saturated carbocycles. The average molecular weight is 620 g/mol. The normalized spacial score (nSPS) is 17.7. The van der Waals surface area contributed by atoms with Crippen LogP contribution in [-0.2, 0) is 17.3 Å². The van der Waals surface area contributed by atoms with Gasteiger partial charge in [0.2, 0.25) is 5.88 Å². The number of nitrogens with zero attached hydrogens (tertiary/aromatic N) is 5. The molecule has 1 unspecified atom stereocenters. The molecule has 1 N–H and O–H groups in total. The van der Waals surface area contributed by atoms with E-state index in [0.29, 0.717) is 51.4 Å². The number of aromatic nitrogens is 1. The van der Waals surface area contributed by atoms with Gasteiger partial charge in [0.25, 0.3) is 0 Å². The summed E-state index contributed by atoms with van der Waals surface area (Å²) >= 11 is 7.12. The van der Waals surface area contributed by atoms with Gasteiger partial charge in [0.05, 0.1) is 22.0 Å². The van der Waals surface area contributed by atoms with Crippen molar-refractivity contribution in [2.24, 2.45) is 10.2 Å². The molecule has 1 amide bonds. The standard InChI is InChI=1S/C29H29ClF3N5O3S/c1-16-15-37(27(40)41-28(2,3)4)9-10-38(16)26-35-25(39)24(42-26)21(17-6-8-23-19(11-17)14-34-36-23)12-18-5-7-20(30)13-22(18)29(31,32)33/h5-8,11,13-14,16,39H,9-10,12,15H2,1-4H3. The van der Waals surface area contributed by atoms with Gasteiger partial charge in [0.1, 0.15) is 5.60 Å². The third-order valence-electron chi connectivity index (χ3n) is 6.88. The molecular formula is C29H29ClF3N5O3S. The highest BCUT2D eigenvalue weighted by molar-refractivity contribution is 7.17. The van der Waals surface area contributed by atoms with Crippen molar-refractivity contribution in [2.75, 3.05) is 24.5 Å². The Hall–Kier alpha value is -3.64. The molecule has 0 aliphatic carbocycles. The lowest BCUT2D eigenvalue weighted by atomic mass is 9.96. The second kappa shape index (κ2) is 11.2. The minimum absolute atomic E-state index is 0.00875. The number of carbonyl (C=O) groups excluding carboxylic acids is 1. The van der Waals surface area contributed by atoms with Crippen LogP contribution in [0, 0.1) is 0 Å². The molecule has 0 spiro atoms. The average Bonchev–Trinajstić information content (AvgIpc) is 3.52. The highest BCUT2D eigenvalue weighted by Crippen LogP contribution is 2.40. The number of thiazole rings is 1. The van der Waals surface area contributed by atoms with Crippen molar-refractivity contribution in [3.63, 3.8) is 0 Å². The van der Waals surface area contributed by atoms with Crippen LogP contribution in [0.1, 0.15) is 49.3 Å². The van der Waals surface area contributed by atoms with Crippen LogP contribution in [0.2, 0.25) is 5.02 Å². The monoisotopic (exact) mass is 619 g/mol. The molecule has 5 rings (SSSR count). The fourth-order valence-corrected chi connectivity index (χ4v) is 6.24. The number of carbonyl (C=O) groups is 1. The summed E-state index contributed by atoms with van der Waals surface area (Å²) in [5, 5.41) is 20.8. The summed E-state index contributed by atoms with van der Waals surface area (Å²) in [6.07, 6.45) is -3.60. The quantitative estimate of drug-likeness (QED) is 0.424. The first-order valence-electron chi connectivity index (χ1n) is 13.2. The summed E-state index contributed by atoms with van der Waals surface area (Å²) in [7, 11) is 0. The molecule has 13 heteroatoms. The SMILES string of the molecule is CC1CN(C(=O)OC(C)(C)C)CCN1c1nc(O)c(C(Cc2ccc(Cl)cc2C(F)(F)F)=c2ccc3c(c2)C=NN=3)s1. The number of hydrogen-bond acceptors (Lipinski definition) is 8. The van der Waals surface area contributed by atoms with Gasteiger partial charge in [-0.2, -0.15) is 28.4 Å². The number of aromatic hydroxyl groups is 1. The first kappa shape index (κ1) is 29.8. The topological polar surface area (TPSA) is 90.6 Å². The van der Waals surface area contributed by atoms with Gasteiger partial charge in [-0.1, -0.05) is 35.1 Å². The molecule has 3 heterocycles. The van der Waals surface area contributed by atoms with Crippen molar-refractivity contribution in [1.29, 1.82) is 0 Å². The summed E-state index contributed by atoms with van der Waals surface area (Å²) in [5.41, 5.74) is -0.274. The van der Waals surface area contributed by atoms with Gasteiger partial charge in [-0.05, 0) is 68.3 Å².